The summed E-state index contributed by atoms with van der Waals surface area (Å²) in [5.41, 5.74) is 0.541. The zero-order valence-corrected chi connectivity index (χ0v) is 14.5. The number of halogens is 2. The highest BCUT2D eigenvalue weighted by atomic mass is 35.5. The Balaban J connectivity index is 0.00000242. The van der Waals surface area contributed by atoms with Crippen molar-refractivity contribution in [3.63, 3.8) is 0 Å². The first-order valence-electron chi connectivity index (χ1n) is 6.68. The molecule has 0 bridgehead atoms. The normalized spacial score (nSPS) is 10.7. The molecule has 1 aromatic heterocycles. The summed E-state index contributed by atoms with van der Waals surface area (Å²) in [6.45, 7) is 2.55. The first-order valence-corrected chi connectivity index (χ1v) is 6.68. The molecule has 8 heteroatoms. The molecule has 0 spiro atoms. The molecule has 6 nitrogen and oxygen atoms in total. The number of rotatable bonds is 6. The lowest BCUT2D eigenvalue weighted by molar-refractivity contribution is 0.0950. The van der Waals surface area contributed by atoms with Crippen LogP contribution in [0.5, 0.6) is 11.6 Å². The number of benzene rings is 1. The molecular weight excluding hydrogens is 339 g/mol. The van der Waals surface area contributed by atoms with Gasteiger partial charge in [-0.25, -0.2) is 4.98 Å². The monoisotopic (exact) mass is 358 g/mol. The summed E-state index contributed by atoms with van der Waals surface area (Å²) in [5, 5.41) is 5.92. The number of carbonyl (C=O) groups excluding carboxylic acids is 1. The van der Waals surface area contributed by atoms with E-state index < -0.39 is 0 Å². The number of carbonyl (C=O) groups is 1. The maximum absolute atomic E-state index is 12.0. The quantitative estimate of drug-likeness (QED) is 0.829. The van der Waals surface area contributed by atoms with Crippen LogP contribution in [-0.4, -0.2) is 35.5 Å². The fourth-order valence-corrected chi connectivity index (χ4v) is 1.61. The van der Waals surface area contributed by atoms with Crippen LogP contribution in [-0.2, 0) is 0 Å². The van der Waals surface area contributed by atoms with Crippen molar-refractivity contribution >= 4 is 30.7 Å². The Morgan fingerprint density at radius 3 is 2.74 bits per heavy atom. The largest absolute Gasteiger partial charge is 0.437 e. The van der Waals surface area contributed by atoms with Crippen molar-refractivity contribution in [3.05, 3.63) is 48.4 Å². The molecule has 2 N–H and O–H groups in total. The second-order valence-corrected chi connectivity index (χ2v) is 4.57. The van der Waals surface area contributed by atoms with Gasteiger partial charge in [0.1, 0.15) is 5.75 Å². The highest BCUT2D eigenvalue weighted by molar-refractivity contribution is 5.94. The zero-order valence-electron chi connectivity index (χ0n) is 12.9. The van der Waals surface area contributed by atoms with Gasteiger partial charge in [-0.15, -0.1) is 24.8 Å². The van der Waals surface area contributed by atoms with E-state index in [0.29, 0.717) is 23.7 Å². The lowest BCUT2D eigenvalue weighted by Crippen LogP contribution is -2.37. The zero-order chi connectivity index (χ0) is 15.1. The number of hydrogen-bond acceptors (Lipinski definition) is 5. The number of amides is 1. The molecule has 0 saturated carbocycles. The van der Waals surface area contributed by atoms with Gasteiger partial charge in [-0.05, 0) is 32.2 Å². The Hall–Kier alpha value is -1.89. The van der Waals surface area contributed by atoms with Gasteiger partial charge in [-0.1, -0.05) is 6.07 Å². The predicted octanol–water partition coefficient (Wildman–Crippen LogP) is 2.45. The molecule has 1 unspecified atom stereocenters. The summed E-state index contributed by atoms with van der Waals surface area (Å²) in [4.78, 5) is 20.0. The summed E-state index contributed by atoms with van der Waals surface area (Å²) in [7, 11) is 1.85. The summed E-state index contributed by atoms with van der Waals surface area (Å²) < 4.78 is 5.55. The van der Waals surface area contributed by atoms with Crippen LogP contribution in [0.4, 0.5) is 0 Å². The fraction of sp³-hybridized carbons (Fsp3) is 0.267. The van der Waals surface area contributed by atoms with Crippen LogP contribution < -0.4 is 15.4 Å². The number of nitrogens with zero attached hydrogens (tertiary/aromatic N) is 2. The standard InChI is InChI=1S/C15H18N4O2.2ClH/c1-11(16-2)9-19-15(20)12-4-3-5-13(8-12)21-14-10-17-6-7-18-14;;/h3-8,10-11,16H,9H2,1-2H3,(H,19,20);2*1H. The molecule has 0 aliphatic carbocycles. The van der Waals surface area contributed by atoms with Crippen molar-refractivity contribution in [2.75, 3.05) is 13.6 Å². The highest BCUT2D eigenvalue weighted by Gasteiger charge is 2.08. The third-order valence-corrected chi connectivity index (χ3v) is 2.92. The van der Waals surface area contributed by atoms with Gasteiger partial charge in [0.2, 0.25) is 5.88 Å². The molecule has 0 aliphatic rings. The van der Waals surface area contributed by atoms with Gasteiger partial charge in [-0.2, -0.15) is 0 Å². The third-order valence-electron chi connectivity index (χ3n) is 2.92. The SMILES string of the molecule is CNC(C)CNC(=O)c1cccc(Oc2cnccn2)c1.Cl.Cl. The summed E-state index contributed by atoms with van der Waals surface area (Å²) >= 11 is 0. The van der Waals surface area contributed by atoms with Crippen molar-refractivity contribution in [2.24, 2.45) is 0 Å². The van der Waals surface area contributed by atoms with E-state index in [1.165, 1.54) is 6.20 Å². The van der Waals surface area contributed by atoms with Gasteiger partial charge in [-0.3, -0.25) is 9.78 Å². The maximum Gasteiger partial charge on any atom is 0.251 e. The van der Waals surface area contributed by atoms with E-state index in [4.69, 9.17) is 4.74 Å². The van der Waals surface area contributed by atoms with Crippen LogP contribution in [0.2, 0.25) is 0 Å². The van der Waals surface area contributed by atoms with Crippen LogP contribution in [0.1, 0.15) is 17.3 Å². The minimum absolute atomic E-state index is 0. The number of aromatic nitrogens is 2. The molecule has 1 aromatic carbocycles. The predicted molar refractivity (Wildman–Crippen MR) is 93.9 cm³/mol. The van der Waals surface area contributed by atoms with Gasteiger partial charge >= 0.3 is 0 Å². The van der Waals surface area contributed by atoms with Gasteiger partial charge in [0.05, 0.1) is 6.20 Å². The minimum atomic E-state index is -0.137. The van der Waals surface area contributed by atoms with Crippen LogP contribution in [0.3, 0.4) is 0 Å². The van der Waals surface area contributed by atoms with Crippen LogP contribution in [0.15, 0.2) is 42.9 Å². The lowest BCUT2D eigenvalue weighted by atomic mass is 10.2. The van der Waals surface area contributed by atoms with E-state index in [1.807, 2.05) is 14.0 Å². The highest BCUT2D eigenvalue weighted by Crippen LogP contribution is 2.19. The van der Waals surface area contributed by atoms with Crippen LogP contribution in [0, 0.1) is 0 Å². The number of hydrogen-bond donors (Lipinski definition) is 2. The molecule has 1 atom stereocenters. The Bertz CT molecular complexity index is 599. The Labute approximate surface area is 147 Å². The summed E-state index contributed by atoms with van der Waals surface area (Å²) in [6.07, 6.45) is 4.63. The Morgan fingerprint density at radius 1 is 1.30 bits per heavy atom. The van der Waals surface area contributed by atoms with Crippen molar-refractivity contribution in [2.45, 2.75) is 13.0 Å². The molecule has 1 amide bonds. The van der Waals surface area contributed by atoms with Crippen molar-refractivity contribution in [1.82, 2.24) is 20.6 Å². The fourth-order valence-electron chi connectivity index (χ4n) is 1.61. The van der Waals surface area contributed by atoms with E-state index in [-0.39, 0.29) is 36.8 Å². The molecule has 0 saturated heterocycles. The average molecular weight is 359 g/mol. The number of nitrogens with one attached hydrogen (secondary N) is 2. The van der Waals surface area contributed by atoms with E-state index in [1.54, 1.807) is 36.7 Å². The Kier molecular flexibility index (Phi) is 9.89. The van der Waals surface area contributed by atoms with Crippen LogP contribution >= 0.6 is 24.8 Å². The first-order chi connectivity index (χ1) is 10.2. The first kappa shape index (κ1) is 21.1. The molecular formula is C15H20Cl2N4O2. The van der Waals surface area contributed by atoms with Crippen molar-refractivity contribution in [1.29, 1.82) is 0 Å². The van der Waals surface area contributed by atoms with Crippen LogP contribution in [0.25, 0.3) is 0 Å². The minimum Gasteiger partial charge on any atom is -0.437 e. The molecule has 126 valence electrons. The summed E-state index contributed by atoms with van der Waals surface area (Å²) in [6, 6.07) is 7.16. The molecule has 2 rings (SSSR count). The van der Waals surface area contributed by atoms with Gasteiger partial charge in [0, 0.05) is 30.5 Å². The van der Waals surface area contributed by atoms with E-state index in [9.17, 15) is 4.79 Å². The Morgan fingerprint density at radius 2 is 2.09 bits per heavy atom. The number of ether oxygens (including phenoxy) is 1. The maximum atomic E-state index is 12.0. The molecule has 0 fully saturated rings. The second-order valence-electron chi connectivity index (χ2n) is 4.57. The van der Waals surface area contributed by atoms with E-state index >= 15 is 0 Å². The average Bonchev–Trinajstić information content (AvgIpc) is 2.53. The van der Waals surface area contributed by atoms with Gasteiger partial charge in [0.25, 0.3) is 5.91 Å². The van der Waals surface area contributed by atoms with E-state index in [0.717, 1.165) is 0 Å². The molecule has 0 aliphatic heterocycles. The summed E-state index contributed by atoms with van der Waals surface area (Å²) in [5.74, 6) is 0.797. The van der Waals surface area contributed by atoms with E-state index in [2.05, 4.69) is 20.6 Å². The molecule has 1 heterocycles. The smallest absolute Gasteiger partial charge is 0.251 e. The number of likely N-dealkylation sites (N-methyl/N-ethyl adjacent to an activating group) is 1. The second kappa shape index (κ2) is 10.8. The van der Waals surface area contributed by atoms with Gasteiger partial charge < -0.3 is 15.4 Å². The van der Waals surface area contributed by atoms with Gasteiger partial charge in [0.15, 0.2) is 0 Å². The van der Waals surface area contributed by atoms with Crippen molar-refractivity contribution < 1.29 is 9.53 Å². The molecule has 23 heavy (non-hydrogen) atoms. The molecule has 0 radical (unpaired) electrons. The lowest BCUT2D eigenvalue weighted by Gasteiger charge is -2.12. The topological polar surface area (TPSA) is 76.1 Å². The molecule has 2 aromatic rings. The third kappa shape index (κ3) is 6.81. The van der Waals surface area contributed by atoms with Crippen molar-refractivity contribution in [3.8, 4) is 11.6 Å².